The largest absolute Gasteiger partial charge is 0.496 e. The number of para-hydroxylation sites is 1. The van der Waals surface area contributed by atoms with Gasteiger partial charge in [-0.1, -0.05) is 12.1 Å². The van der Waals surface area contributed by atoms with Crippen molar-refractivity contribution in [3.8, 4) is 11.5 Å². The second-order valence-electron chi connectivity index (χ2n) is 4.04. The number of carboxylic acids is 1. The van der Waals surface area contributed by atoms with E-state index in [0.717, 1.165) is 0 Å². The summed E-state index contributed by atoms with van der Waals surface area (Å²) in [5.41, 5.74) is 0.210. The SMILES string of the molecule is COc1ccc(C(=O)Oc2ccccc2C(=O)O)cc1Br. The first-order chi connectivity index (χ1) is 10.0. The van der Waals surface area contributed by atoms with Crippen LogP contribution in [0.5, 0.6) is 11.5 Å². The van der Waals surface area contributed by atoms with E-state index in [4.69, 9.17) is 14.6 Å². The number of aromatic carboxylic acids is 1. The van der Waals surface area contributed by atoms with Gasteiger partial charge in [0.05, 0.1) is 17.1 Å². The van der Waals surface area contributed by atoms with Crippen molar-refractivity contribution in [1.29, 1.82) is 0 Å². The molecule has 6 heteroatoms. The molecule has 1 N–H and O–H groups in total. The first kappa shape index (κ1) is 15.1. The van der Waals surface area contributed by atoms with Crippen LogP contribution in [0.1, 0.15) is 20.7 Å². The fourth-order valence-electron chi connectivity index (χ4n) is 1.68. The highest BCUT2D eigenvalue weighted by Gasteiger charge is 2.16. The van der Waals surface area contributed by atoms with Crippen molar-refractivity contribution in [3.05, 3.63) is 58.1 Å². The van der Waals surface area contributed by atoms with Gasteiger partial charge in [0.15, 0.2) is 0 Å². The summed E-state index contributed by atoms with van der Waals surface area (Å²) in [4.78, 5) is 23.1. The van der Waals surface area contributed by atoms with Crippen molar-refractivity contribution in [1.82, 2.24) is 0 Å². The molecule has 0 spiro atoms. The third kappa shape index (κ3) is 3.41. The predicted molar refractivity (Wildman–Crippen MR) is 79.1 cm³/mol. The van der Waals surface area contributed by atoms with Crippen LogP contribution >= 0.6 is 15.9 Å². The van der Waals surface area contributed by atoms with Gasteiger partial charge in [0.25, 0.3) is 0 Å². The van der Waals surface area contributed by atoms with Crippen LogP contribution in [0.4, 0.5) is 0 Å². The number of ether oxygens (including phenoxy) is 2. The third-order valence-corrected chi connectivity index (χ3v) is 3.33. The van der Waals surface area contributed by atoms with Crippen LogP contribution < -0.4 is 9.47 Å². The molecular weight excluding hydrogens is 340 g/mol. The number of rotatable bonds is 4. The van der Waals surface area contributed by atoms with Gasteiger partial charge in [-0.3, -0.25) is 0 Å². The number of carbonyl (C=O) groups is 2. The number of carboxylic acid groups (broad SMARTS) is 1. The predicted octanol–water partition coefficient (Wildman–Crippen LogP) is 3.38. The molecule has 0 bridgehead atoms. The third-order valence-electron chi connectivity index (χ3n) is 2.71. The lowest BCUT2D eigenvalue weighted by Crippen LogP contribution is -2.11. The standard InChI is InChI=1S/C15H11BrO5/c1-20-13-7-6-9(8-11(13)16)15(19)21-12-5-3-2-4-10(12)14(17)18/h2-8H,1H3,(H,17,18). The number of esters is 1. The van der Waals surface area contributed by atoms with Gasteiger partial charge in [-0.2, -0.15) is 0 Å². The van der Waals surface area contributed by atoms with Crippen molar-refractivity contribution in [3.63, 3.8) is 0 Å². The van der Waals surface area contributed by atoms with Gasteiger partial charge in [0.1, 0.15) is 17.1 Å². The topological polar surface area (TPSA) is 72.8 Å². The molecule has 0 fully saturated rings. The van der Waals surface area contributed by atoms with Crippen LogP contribution in [0, 0.1) is 0 Å². The quantitative estimate of drug-likeness (QED) is 0.675. The Morgan fingerprint density at radius 1 is 1.10 bits per heavy atom. The first-order valence-corrected chi connectivity index (χ1v) is 6.70. The summed E-state index contributed by atoms with van der Waals surface area (Å²) in [5, 5.41) is 9.05. The van der Waals surface area contributed by atoms with Crippen LogP contribution in [0.15, 0.2) is 46.9 Å². The zero-order chi connectivity index (χ0) is 15.4. The van der Waals surface area contributed by atoms with Gasteiger partial charge in [-0.25, -0.2) is 9.59 Å². The van der Waals surface area contributed by atoms with E-state index < -0.39 is 11.9 Å². The van der Waals surface area contributed by atoms with E-state index in [1.54, 1.807) is 24.3 Å². The van der Waals surface area contributed by atoms with E-state index in [1.807, 2.05) is 0 Å². The van der Waals surface area contributed by atoms with Crippen molar-refractivity contribution in [2.45, 2.75) is 0 Å². The number of hydrogen-bond acceptors (Lipinski definition) is 4. The molecule has 0 amide bonds. The Morgan fingerprint density at radius 3 is 2.43 bits per heavy atom. The van der Waals surface area contributed by atoms with Gasteiger partial charge in [0.2, 0.25) is 0 Å². The molecule has 5 nitrogen and oxygen atoms in total. The smallest absolute Gasteiger partial charge is 0.343 e. The average molecular weight is 351 g/mol. The number of halogens is 1. The van der Waals surface area contributed by atoms with Gasteiger partial charge in [-0.05, 0) is 46.3 Å². The highest BCUT2D eigenvalue weighted by atomic mass is 79.9. The summed E-state index contributed by atoms with van der Waals surface area (Å²) in [6.45, 7) is 0. The summed E-state index contributed by atoms with van der Waals surface area (Å²) in [7, 11) is 1.52. The Balaban J connectivity index is 2.26. The zero-order valence-electron chi connectivity index (χ0n) is 11.0. The number of hydrogen-bond donors (Lipinski definition) is 1. The maximum atomic E-state index is 12.1. The van der Waals surface area contributed by atoms with Crippen molar-refractivity contribution >= 4 is 27.9 Å². The van der Waals surface area contributed by atoms with E-state index in [-0.39, 0.29) is 16.9 Å². The molecule has 2 rings (SSSR count). The molecule has 108 valence electrons. The Labute approximate surface area is 129 Å². The van der Waals surface area contributed by atoms with Gasteiger partial charge in [-0.15, -0.1) is 0 Å². The lowest BCUT2D eigenvalue weighted by atomic mass is 10.2. The van der Waals surface area contributed by atoms with E-state index in [0.29, 0.717) is 10.2 Å². The molecular formula is C15H11BrO5. The monoisotopic (exact) mass is 350 g/mol. The second-order valence-corrected chi connectivity index (χ2v) is 4.89. The minimum atomic E-state index is -1.16. The Kier molecular flexibility index (Phi) is 4.59. The maximum Gasteiger partial charge on any atom is 0.343 e. The van der Waals surface area contributed by atoms with Crippen LogP contribution in [0.3, 0.4) is 0 Å². The zero-order valence-corrected chi connectivity index (χ0v) is 12.6. The van der Waals surface area contributed by atoms with Gasteiger partial charge < -0.3 is 14.6 Å². The molecule has 2 aromatic rings. The number of carbonyl (C=O) groups excluding carboxylic acids is 1. The normalized spacial score (nSPS) is 10.0. The summed E-state index contributed by atoms with van der Waals surface area (Å²) < 4.78 is 10.8. The minimum absolute atomic E-state index is 0.00180. The lowest BCUT2D eigenvalue weighted by Gasteiger charge is -2.08. The fraction of sp³-hybridized carbons (Fsp3) is 0.0667. The molecule has 0 aliphatic heterocycles. The fourth-order valence-corrected chi connectivity index (χ4v) is 2.23. The van der Waals surface area contributed by atoms with Gasteiger partial charge >= 0.3 is 11.9 Å². The van der Waals surface area contributed by atoms with E-state index in [9.17, 15) is 9.59 Å². The van der Waals surface area contributed by atoms with Crippen LogP contribution in [0.25, 0.3) is 0 Å². The molecule has 0 saturated carbocycles. The molecule has 0 aliphatic rings. The molecule has 0 aromatic heterocycles. The van der Waals surface area contributed by atoms with Crippen LogP contribution in [-0.2, 0) is 0 Å². The molecule has 21 heavy (non-hydrogen) atoms. The van der Waals surface area contributed by atoms with Crippen molar-refractivity contribution in [2.75, 3.05) is 7.11 Å². The van der Waals surface area contributed by atoms with E-state index in [1.165, 1.54) is 25.3 Å². The Hall–Kier alpha value is -2.34. The lowest BCUT2D eigenvalue weighted by molar-refractivity contribution is 0.0681. The molecule has 0 saturated heterocycles. The first-order valence-electron chi connectivity index (χ1n) is 5.91. The summed E-state index contributed by atoms with van der Waals surface area (Å²) >= 11 is 3.27. The molecule has 2 aromatic carbocycles. The van der Waals surface area contributed by atoms with Crippen molar-refractivity contribution in [2.24, 2.45) is 0 Å². The molecule has 0 radical (unpaired) electrons. The second kappa shape index (κ2) is 6.41. The summed E-state index contributed by atoms with van der Waals surface area (Å²) in [5.74, 6) is -1.22. The maximum absolute atomic E-state index is 12.1. The molecule has 0 heterocycles. The van der Waals surface area contributed by atoms with E-state index >= 15 is 0 Å². The summed E-state index contributed by atoms with van der Waals surface area (Å²) in [6.07, 6.45) is 0. The number of benzene rings is 2. The number of methoxy groups -OCH3 is 1. The highest BCUT2D eigenvalue weighted by Crippen LogP contribution is 2.26. The van der Waals surface area contributed by atoms with E-state index in [2.05, 4.69) is 15.9 Å². The Bertz CT molecular complexity index is 696. The minimum Gasteiger partial charge on any atom is -0.496 e. The summed E-state index contributed by atoms with van der Waals surface area (Å²) in [6, 6.07) is 10.7. The van der Waals surface area contributed by atoms with Gasteiger partial charge in [0, 0.05) is 0 Å². The molecule has 0 atom stereocenters. The average Bonchev–Trinajstić information content (AvgIpc) is 2.47. The Morgan fingerprint density at radius 2 is 1.81 bits per heavy atom. The molecule has 0 unspecified atom stereocenters. The van der Waals surface area contributed by atoms with Crippen molar-refractivity contribution < 1.29 is 24.2 Å². The highest BCUT2D eigenvalue weighted by molar-refractivity contribution is 9.10. The van der Waals surface area contributed by atoms with Crippen LogP contribution in [0.2, 0.25) is 0 Å². The van der Waals surface area contributed by atoms with Crippen LogP contribution in [-0.4, -0.2) is 24.2 Å². The molecule has 0 aliphatic carbocycles.